The monoisotopic (exact) mass is 410 g/mol. The first kappa shape index (κ1) is 19.4. The minimum Gasteiger partial charge on any atom is -0.304 e. The fourth-order valence-corrected chi connectivity index (χ4v) is 4.29. The molecular weight excluding hydrogens is 384 g/mol. The van der Waals surface area contributed by atoms with E-state index in [0.717, 1.165) is 53.8 Å². The number of rotatable bonds is 4. The summed E-state index contributed by atoms with van der Waals surface area (Å²) in [6.45, 7) is 7.06. The zero-order chi connectivity index (χ0) is 21.4. The summed E-state index contributed by atoms with van der Waals surface area (Å²) in [6.07, 6.45) is 10.00. The normalized spacial score (nSPS) is 16.0. The van der Waals surface area contributed by atoms with Crippen molar-refractivity contribution in [3.05, 3.63) is 88.8 Å². The fraction of sp³-hybridized carbons (Fsp3) is 0.280. The van der Waals surface area contributed by atoms with Gasteiger partial charge >= 0.3 is 0 Å². The van der Waals surface area contributed by atoms with Crippen molar-refractivity contribution >= 4 is 12.2 Å². The third-order valence-corrected chi connectivity index (χ3v) is 5.81. The smallest absolute Gasteiger partial charge is 0.174 e. The van der Waals surface area contributed by atoms with Crippen LogP contribution >= 0.6 is 0 Å². The second kappa shape index (κ2) is 7.95. The van der Waals surface area contributed by atoms with E-state index >= 15 is 0 Å². The van der Waals surface area contributed by atoms with Crippen molar-refractivity contribution in [1.29, 1.82) is 0 Å². The number of fused-ring (bicyclic) bond motifs is 1. The molecule has 0 fully saturated rings. The molecule has 0 amide bonds. The molecule has 31 heavy (non-hydrogen) atoms. The lowest BCUT2D eigenvalue weighted by Crippen LogP contribution is -2.18. The van der Waals surface area contributed by atoms with Gasteiger partial charge in [-0.15, -0.1) is 0 Å². The Kier molecular flexibility index (Phi) is 4.98. The van der Waals surface area contributed by atoms with Crippen LogP contribution in [0, 0.1) is 20.8 Å². The van der Waals surface area contributed by atoms with Gasteiger partial charge in [0.2, 0.25) is 0 Å². The van der Waals surface area contributed by atoms with E-state index in [0.29, 0.717) is 5.92 Å². The maximum Gasteiger partial charge on any atom is 0.174 e. The number of imidazole rings is 1. The van der Waals surface area contributed by atoms with Crippen LogP contribution in [0.15, 0.2) is 48.9 Å². The number of nitrogens with zero attached hydrogens (tertiary/aromatic N) is 6. The molecule has 0 radical (unpaired) electrons. The van der Waals surface area contributed by atoms with Crippen LogP contribution < -0.4 is 0 Å². The van der Waals surface area contributed by atoms with Gasteiger partial charge in [-0.05, 0) is 63.5 Å². The van der Waals surface area contributed by atoms with E-state index in [-0.39, 0.29) is 0 Å². The van der Waals surface area contributed by atoms with Gasteiger partial charge in [0, 0.05) is 18.7 Å². The van der Waals surface area contributed by atoms with Gasteiger partial charge in [0.05, 0.1) is 29.1 Å². The predicted octanol–water partition coefficient (Wildman–Crippen LogP) is 4.88. The number of benzene rings is 1. The number of aromatic nitrogens is 6. The molecule has 1 aliphatic rings. The van der Waals surface area contributed by atoms with Crippen molar-refractivity contribution in [2.45, 2.75) is 46.1 Å². The summed E-state index contributed by atoms with van der Waals surface area (Å²) >= 11 is 0. The molecule has 0 N–H and O–H groups in total. The summed E-state index contributed by atoms with van der Waals surface area (Å²) in [7, 11) is 0. The van der Waals surface area contributed by atoms with Crippen molar-refractivity contribution in [3.8, 4) is 5.69 Å². The van der Waals surface area contributed by atoms with Crippen molar-refractivity contribution in [1.82, 2.24) is 29.3 Å². The molecule has 0 bridgehead atoms. The SMILES string of the molecule is Cc1cccc([C@H]2CCCn3nc(/C=C/c4ccc(-n5cnc(C)c5)c(C)n4)nc32)c1. The third kappa shape index (κ3) is 3.93. The van der Waals surface area contributed by atoms with Gasteiger partial charge in [-0.2, -0.15) is 5.10 Å². The Balaban J connectivity index is 1.39. The molecule has 0 spiro atoms. The molecule has 1 aliphatic heterocycles. The van der Waals surface area contributed by atoms with Crippen molar-refractivity contribution in [3.63, 3.8) is 0 Å². The van der Waals surface area contributed by atoms with E-state index < -0.39 is 0 Å². The summed E-state index contributed by atoms with van der Waals surface area (Å²) in [4.78, 5) is 13.9. The minimum atomic E-state index is 0.307. The van der Waals surface area contributed by atoms with Gasteiger partial charge in [-0.25, -0.2) is 14.6 Å². The van der Waals surface area contributed by atoms with Crippen LogP contribution in [0.25, 0.3) is 17.8 Å². The van der Waals surface area contributed by atoms with E-state index in [1.54, 1.807) is 0 Å². The first-order valence-corrected chi connectivity index (χ1v) is 10.7. The molecule has 4 heterocycles. The highest BCUT2D eigenvalue weighted by atomic mass is 15.4. The molecule has 6 heteroatoms. The van der Waals surface area contributed by atoms with Gasteiger partial charge in [-0.3, -0.25) is 4.98 Å². The van der Waals surface area contributed by atoms with Crippen LogP contribution in [0.3, 0.4) is 0 Å². The largest absolute Gasteiger partial charge is 0.304 e. The summed E-state index contributed by atoms with van der Waals surface area (Å²) < 4.78 is 4.07. The second-order valence-electron chi connectivity index (χ2n) is 8.26. The molecule has 6 nitrogen and oxygen atoms in total. The van der Waals surface area contributed by atoms with E-state index in [1.165, 1.54) is 11.1 Å². The summed E-state index contributed by atoms with van der Waals surface area (Å²) in [5, 5.41) is 4.73. The zero-order valence-corrected chi connectivity index (χ0v) is 18.2. The van der Waals surface area contributed by atoms with E-state index in [1.807, 2.05) is 49.2 Å². The molecule has 3 aromatic heterocycles. The molecule has 0 unspecified atom stereocenters. The number of pyridine rings is 1. The highest BCUT2D eigenvalue weighted by Gasteiger charge is 2.25. The van der Waals surface area contributed by atoms with Crippen molar-refractivity contribution in [2.75, 3.05) is 0 Å². The minimum absolute atomic E-state index is 0.307. The standard InChI is InChI=1S/C25H26N6/c1-17-6-4-7-20(14-17)22-8-5-13-31-25(22)28-24(29-31)12-10-21-9-11-23(19(3)27-21)30-15-18(2)26-16-30/h4,6-7,9-12,14-16,22H,5,8,13H2,1-3H3/b12-10+/t22-/m1/s1. The first-order chi connectivity index (χ1) is 15.1. The Morgan fingerprint density at radius 3 is 2.71 bits per heavy atom. The topological polar surface area (TPSA) is 61.4 Å². The van der Waals surface area contributed by atoms with Crippen LogP contribution in [0.5, 0.6) is 0 Å². The third-order valence-electron chi connectivity index (χ3n) is 5.81. The Hall–Kier alpha value is -3.54. The van der Waals surface area contributed by atoms with E-state index in [4.69, 9.17) is 15.1 Å². The summed E-state index contributed by atoms with van der Waals surface area (Å²) in [5.41, 5.74) is 6.48. The van der Waals surface area contributed by atoms with Crippen molar-refractivity contribution < 1.29 is 0 Å². The van der Waals surface area contributed by atoms with Gasteiger partial charge in [0.15, 0.2) is 5.82 Å². The molecule has 156 valence electrons. The summed E-state index contributed by atoms with van der Waals surface area (Å²) in [5.74, 6) is 2.11. The van der Waals surface area contributed by atoms with Crippen LogP contribution in [0.2, 0.25) is 0 Å². The highest BCUT2D eigenvalue weighted by molar-refractivity contribution is 5.65. The molecular formula is C25H26N6. The Morgan fingerprint density at radius 2 is 1.94 bits per heavy atom. The lowest BCUT2D eigenvalue weighted by Gasteiger charge is -2.22. The zero-order valence-electron chi connectivity index (χ0n) is 18.2. The number of hydrogen-bond donors (Lipinski definition) is 0. The first-order valence-electron chi connectivity index (χ1n) is 10.7. The number of hydrogen-bond acceptors (Lipinski definition) is 4. The lowest BCUT2D eigenvalue weighted by atomic mass is 9.90. The molecule has 4 aromatic rings. The molecule has 5 rings (SSSR count). The Bertz CT molecular complexity index is 1260. The molecule has 0 saturated carbocycles. The van der Waals surface area contributed by atoms with Crippen molar-refractivity contribution in [2.24, 2.45) is 0 Å². The van der Waals surface area contributed by atoms with E-state index in [2.05, 4.69) is 46.9 Å². The average molecular weight is 411 g/mol. The van der Waals surface area contributed by atoms with Crippen LogP contribution in [0.4, 0.5) is 0 Å². The maximum atomic E-state index is 4.87. The maximum absolute atomic E-state index is 4.87. The second-order valence-corrected chi connectivity index (χ2v) is 8.26. The van der Waals surface area contributed by atoms with Gasteiger partial charge in [0.1, 0.15) is 5.82 Å². The Morgan fingerprint density at radius 1 is 1.03 bits per heavy atom. The molecule has 0 saturated heterocycles. The van der Waals surface area contributed by atoms with Crippen LogP contribution in [0.1, 0.15) is 58.6 Å². The molecule has 1 aromatic carbocycles. The van der Waals surface area contributed by atoms with Gasteiger partial charge in [0.25, 0.3) is 0 Å². The van der Waals surface area contributed by atoms with E-state index in [9.17, 15) is 0 Å². The lowest BCUT2D eigenvalue weighted by molar-refractivity contribution is 0.445. The predicted molar refractivity (Wildman–Crippen MR) is 122 cm³/mol. The summed E-state index contributed by atoms with van der Waals surface area (Å²) in [6, 6.07) is 12.8. The Labute approximate surface area is 182 Å². The van der Waals surface area contributed by atoms with Gasteiger partial charge < -0.3 is 4.57 Å². The van der Waals surface area contributed by atoms with Gasteiger partial charge in [-0.1, -0.05) is 29.8 Å². The number of aryl methyl sites for hydroxylation is 4. The quantitative estimate of drug-likeness (QED) is 0.481. The fourth-order valence-electron chi connectivity index (χ4n) is 4.29. The van der Waals surface area contributed by atoms with Crippen LogP contribution in [-0.4, -0.2) is 29.3 Å². The molecule has 1 atom stereocenters. The molecule has 0 aliphatic carbocycles. The highest BCUT2D eigenvalue weighted by Crippen LogP contribution is 2.32. The average Bonchev–Trinajstić information content (AvgIpc) is 3.38. The van der Waals surface area contributed by atoms with Crippen LogP contribution in [-0.2, 0) is 6.54 Å².